The summed E-state index contributed by atoms with van der Waals surface area (Å²) in [5.41, 5.74) is 0. The second kappa shape index (κ2) is 5.52. The molecule has 2 rings (SSSR count). The van der Waals surface area contributed by atoms with Gasteiger partial charge < -0.3 is 10.6 Å². The lowest BCUT2D eigenvalue weighted by atomic mass is 10.2. The molecule has 0 aliphatic carbocycles. The van der Waals surface area contributed by atoms with Gasteiger partial charge in [0.1, 0.15) is 0 Å². The Hall–Kier alpha value is -1.69. The largest absolute Gasteiger partial charge is 0.371 e. The molecule has 0 radical (unpaired) electrons. The summed E-state index contributed by atoms with van der Waals surface area (Å²) in [6.45, 7) is 3.92. The van der Waals surface area contributed by atoms with Gasteiger partial charge in [-0.15, -0.1) is 11.3 Å². The lowest BCUT2D eigenvalue weighted by Crippen LogP contribution is -2.10. The Morgan fingerprint density at radius 1 is 1.21 bits per heavy atom. The van der Waals surface area contributed by atoms with Crippen molar-refractivity contribution < 1.29 is 8.78 Å². The third-order valence-corrected chi connectivity index (χ3v) is 3.89. The Bertz CT molecular complexity index is 583. The smallest absolute Gasteiger partial charge is 0.168 e. The molecule has 2 heterocycles. The number of nitrogens with zero attached hydrogens (tertiary/aromatic N) is 1. The average molecular weight is 283 g/mol. The van der Waals surface area contributed by atoms with Crippen molar-refractivity contribution in [2.45, 2.75) is 19.9 Å². The van der Waals surface area contributed by atoms with Gasteiger partial charge in [-0.3, -0.25) is 0 Å². The molecule has 0 aliphatic heterocycles. The summed E-state index contributed by atoms with van der Waals surface area (Å²) < 4.78 is 27.0. The molecule has 0 fully saturated rings. The summed E-state index contributed by atoms with van der Waals surface area (Å²) in [7, 11) is 1.54. The van der Waals surface area contributed by atoms with Crippen molar-refractivity contribution in [1.82, 2.24) is 4.98 Å². The molecule has 0 saturated carbocycles. The third kappa shape index (κ3) is 3.01. The maximum atomic E-state index is 13.7. The number of nitrogens with one attached hydrogen (secondary N) is 2. The molecule has 6 heteroatoms. The lowest BCUT2D eigenvalue weighted by molar-refractivity contribution is 0.577. The molecule has 0 bridgehead atoms. The highest BCUT2D eigenvalue weighted by Gasteiger charge is 2.14. The van der Waals surface area contributed by atoms with Gasteiger partial charge in [-0.25, -0.2) is 13.8 Å². The molecular weight excluding hydrogens is 268 g/mol. The van der Waals surface area contributed by atoms with Crippen LogP contribution in [0.5, 0.6) is 0 Å². The number of hydrogen-bond acceptors (Lipinski definition) is 4. The second-order valence-corrected chi connectivity index (χ2v) is 5.53. The molecule has 0 aromatic carbocycles. The summed E-state index contributed by atoms with van der Waals surface area (Å²) in [5, 5.41) is 5.55. The van der Waals surface area contributed by atoms with E-state index in [9.17, 15) is 8.78 Å². The molecule has 0 aliphatic rings. The van der Waals surface area contributed by atoms with Gasteiger partial charge in [-0.1, -0.05) is 0 Å². The Morgan fingerprint density at radius 3 is 2.47 bits per heavy atom. The van der Waals surface area contributed by atoms with E-state index >= 15 is 0 Å². The standard InChI is InChI=1S/C13H15F2N3S/c1-7-4-5-11(19-7)8(2)17-13-10(15)6-9(14)12(16-3)18-13/h4-6,8H,1-3H3,(H2,16,17,18). The van der Waals surface area contributed by atoms with Crippen LogP contribution in [0.4, 0.5) is 20.4 Å². The van der Waals surface area contributed by atoms with Crippen molar-refractivity contribution in [1.29, 1.82) is 0 Å². The summed E-state index contributed by atoms with van der Waals surface area (Å²) in [5.74, 6) is -1.33. The Morgan fingerprint density at radius 2 is 1.89 bits per heavy atom. The first-order valence-corrected chi connectivity index (χ1v) is 6.69. The van der Waals surface area contributed by atoms with Gasteiger partial charge in [-0.2, -0.15) is 0 Å². The third-order valence-electron chi connectivity index (χ3n) is 2.71. The predicted molar refractivity (Wildman–Crippen MR) is 74.8 cm³/mol. The van der Waals surface area contributed by atoms with Gasteiger partial charge in [0.05, 0.1) is 6.04 Å². The highest BCUT2D eigenvalue weighted by atomic mass is 32.1. The molecular formula is C13H15F2N3S. The van der Waals surface area contributed by atoms with Gasteiger partial charge in [0.25, 0.3) is 0 Å². The van der Waals surface area contributed by atoms with Crippen molar-refractivity contribution in [3.8, 4) is 0 Å². The van der Waals surface area contributed by atoms with Crippen LogP contribution >= 0.6 is 11.3 Å². The molecule has 0 spiro atoms. The zero-order chi connectivity index (χ0) is 14.0. The topological polar surface area (TPSA) is 37.0 Å². The maximum absolute atomic E-state index is 13.7. The zero-order valence-electron chi connectivity index (χ0n) is 10.9. The van der Waals surface area contributed by atoms with Crippen molar-refractivity contribution in [2.75, 3.05) is 17.7 Å². The van der Waals surface area contributed by atoms with E-state index in [4.69, 9.17) is 0 Å². The van der Waals surface area contributed by atoms with Gasteiger partial charge in [0, 0.05) is 22.9 Å². The lowest BCUT2D eigenvalue weighted by Gasteiger charge is -2.14. The van der Waals surface area contributed by atoms with E-state index in [-0.39, 0.29) is 17.7 Å². The number of anilines is 2. The van der Waals surface area contributed by atoms with Crippen LogP contribution in [-0.2, 0) is 0 Å². The summed E-state index contributed by atoms with van der Waals surface area (Å²) in [6, 6.07) is 4.73. The highest BCUT2D eigenvalue weighted by Crippen LogP contribution is 2.27. The minimum absolute atomic E-state index is 0.0264. The number of rotatable bonds is 4. The molecule has 2 aromatic heterocycles. The van der Waals surface area contributed by atoms with E-state index in [2.05, 4.69) is 15.6 Å². The van der Waals surface area contributed by atoms with E-state index in [0.717, 1.165) is 10.9 Å². The molecule has 1 atom stereocenters. The van der Waals surface area contributed by atoms with Crippen molar-refractivity contribution in [2.24, 2.45) is 0 Å². The van der Waals surface area contributed by atoms with Gasteiger partial charge >= 0.3 is 0 Å². The maximum Gasteiger partial charge on any atom is 0.168 e. The summed E-state index contributed by atoms with van der Waals surface area (Å²) in [4.78, 5) is 6.16. The van der Waals surface area contributed by atoms with Crippen LogP contribution in [0.25, 0.3) is 0 Å². The van der Waals surface area contributed by atoms with E-state index in [1.807, 2.05) is 26.0 Å². The molecule has 19 heavy (non-hydrogen) atoms. The fraction of sp³-hybridized carbons (Fsp3) is 0.308. The van der Waals surface area contributed by atoms with Crippen LogP contribution in [0.2, 0.25) is 0 Å². The van der Waals surface area contributed by atoms with Crippen LogP contribution in [0, 0.1) is 18.6 Å². The molecule has 0 amide bonds. The monoisotopic (exact) mass is 283 g/mol. The Labute approximate surface area is 114 Å². The van der Waals surface area contributed by atoms with E-state index < -0.39 is 11.6 Å². The number of aromatic nitrogens is 1. The SMILES string of the molecule is CNc1nc(NC(C)c2ccc(C)s2)c(F)cc1F. The number of pyridine rings is 1. The Kier molecular flexibility index (Phi) is 3.99. The first-order chi connectivity index (χ1) is 9.01. The molecule has 2 aromatic rings. The van der Waals surface area contributed by atoms with Crippen LogP contribution in [0.3, 0.4) is 0 Å². The van der Waals surface area contributed by atoms with Crippen molar-refractivity contribution >= 4 is 23.0 Å². The first-order valence-electron chi connectivity index (χ1n) is 5.88. The van der Waals surface area contributed by atoms with Crippen molar-refractivity contribution in [3.63, 3.8) is 0 Å². The summed E-state index contributed by atoms with van der Waals surface area (Å²) in [6.07, 6.45) is 0. The zero-order valence-corrected chi connectivity index (χ0v) is 11.7. The van der Waals surface area contributed by atoms with Crippen LogP contribution < -0.4 is 10.6 Å². The minimum atomic E-state index is -0.704. The van der Waals surface area contributed by atoms with Gasteiger partial charge in [0.2, 0.25) is 0 Å². The molecule has 3 nitrogen and oxygen atoms in total. The van der Waals surface area contributed by atoms with Crippen LogP contribution in [0.1, 0.15) is 22.7 Å². The number of hydrogen-bond donors (Lipinski definition) is 2. The molecule has 1 unspecified atom stereocenters. The van der Waals surface area contributed by atoms with Gasteiger partial charge in [0.15, 0.2) is 23.3 Å². The number of thiophene rings is 1. The first kappa shape index (κ1) is 13.7. The Balaban J connectivity index is 2.23. The van der Waals surface area contributed by atoms with Crippen molar-refractivity contribution in [3.05, 3.63) is 39.6 Å². The number of halogens is 2. The second-order valence-electron chi connectivity index (χ2n) is 4.21. The predicted octanol–water partition coefficient (Wildman–Crippen LogP) is 3.94. The molecule has 0 saturated heterocycles. The molecule has 2 N–H and O–H groups in total. The normalized spacial score (nSPS) is 12.3. The van der Waals surface area contributed by atoms with E-state index in [1.165, 1.54) is 4.88 Å². The molecule has 102 valence electrons. The van der Waals surface area contributed by atoms with Crippen LogP contribution in [0.15, 0.2) is 18.2 Å². The minimum Gasteiger partial charge on any atom is -0.371 e. The highest BCUT2D eigenvalue weighted by molar-refractivity contribution is 7.12. The quantitative estimate of drug-likeness (QED) is 0.892. The fourth-order valence-corrected chi connectivity index (χ4v) is 2.59. The number of aryl methyl sites for hydroxylation is 1. The average Bonchev–Trinajstić information content (AvgIpc) is 2.79. The van der Waals surface area contributed by atoms with Crippen LogP contribution in [-0.4, -0.2) is 12.0 Å². The van der Waals surface area contributed by atoms with E-state index in [1.54, 1.807) is 18.4 Å². The van der Waals surface area contributed by atoms with Gasteiger partial charge in [-0.05, 0) is 26.0 Å². The fourth-order valence-electron chi connectivity index (χ4n) is 1.71. The van der Waals surface area contributed by atoms with E-state index in [0.29, 0.717) is 0 Å². The summed E-state index contributed by atoms with van der Waals surface area (Å²) >= 11 is 1.63.